The molecule has 0 fully saturated rings. The van der Waals surface area contributed by atoms with E-state index in [1.54, 1.807) is 4.90 Å². The largest absolute Gasteiger partial charge is 0.357 e. The fourth-order valence-corrected chi connectivity index (χ4v) is 9.03. The molecule has 0 atom stereocenters. The molecular formula is C57H119N5O2. The lowest BCUT2D eigenvalue weighted by molar-refractivity contribution is -0.118. The first-order valence-corrected chi connectivity index (χ1v) is 29.1. The van der Waals surface area contributed by atoms with Crippen LogP contribution in [0.3, 0.4) is 0 Å². The fourth-order valence-electron chi connectivity index (χ4n) is 9.03. The monoisotopic (exact) mass is 906 g/mol. The van der Waals surface area contributed by atoms with Gasteiger partial charge in [-0.2, -0.15) is 0 Å². The summed E-state index contributed by atoms with van der Waals surface area (Å²) < 4.78 is 0. The van der Waals surface area contributed by atoms with Gasteiger partial charge in [-0.1, -0.05) is 228 Å². The summed E-state index contributed by atoms with van der Waals surface area (Å²) in [5, 5.41) is 2.66. The second-order valence-corrected chi connectivity index (χ2v) is 19.7. The molecule has 0 saturated heterocycles. The molecule has 0 aromatic rings. The number of carbonyl (C=O) groups is 2. The van der Waals surface area contributed by atoms with Gasteiger partial charge in [0.2, 0.25) is 12.8 Å². The Morgan fingerprint density at radius 3 is 0.781 bits per heavy atom. The Morgan fingerprint density at radius 1 is 0.266 bits per heavy atom. The zero-order valence-corrected chi connectivity index (χ0v) is 44.9. The van der Waals surface area contributed by atoms with Crippen LogP contribution < -0.4 is 5.32 Å². The number of nitrogens with zero attached hydrogens (tertiary/aromatic N) is 4. The van der Waals surface area contributed by atoms with Crippen molar-refractivity contribution in [2.24, 2.45) is 0 Å². The van der Waals surface area contributed by atoms with Crippen LogP contribution in [0.4, 0.5) is 0 Å². The molecule has 0 rings (SSSR count). The van der Waals surface area contributed by atoms with Crippen molar-refractivity contribution in [2.75, 3.05) is 78.5 Å². The minimum absolute atomic E-state index is 0.528. The maximum atomic E-state index is 11.4. The molecule has 0 heterocycles. The van der Waals surface area contributed by atoms with E-state index >= 15 is 0 Å². The van der Waals surface area contributed by atoms with E-state index in [4.69, 9.17) is 0 Å². The highest BCUT2D eigenvalue weighted by molar-refractivity contribution is 5.48. The van der Waals surface area contributed by atoms with Gasteiger partial charge < -0.3 is 24.9 Å². The quantitative estimate of drug-likeness (QED) is 0.0487. The average Bonchev–Trinajstić information content (AvgIpc) is 3.30. The molecule has 0 aromatic carbocycles. The van der Waals surface area contributed by atoms with Gasteiger partial charge in [0.1, 0.15) is 0 Å². The van der Waals surface area contributed by atoms with E-state index in [-0.39, 0.29) is 0 Å². The number of unbranched alkanes of at least 4 members (excludes halogenated alkanes) is 30. The Bertz CT molecular complexity index is 844. The van der Waals surface area contributed by atoms with Crippen molar-refractivity contribution in [3.05, 3.63) is 0 Å². The Labute approximate surface area is 403 Å². The number of rotatable bonds is 54. The van der Waals surface area contributed by atoms with Gasteiger partial charge in [-0.3, -0.25) is 9.59 Å². The van der Waals surface area contributed by atoms with Gasteiger partial charge in [-0.15, -0.1) is 0 Å². The Kier molecular flexibility index (Phi) is 58.8. The molecule has 0 unspecified atom stereocenters. The van der Waals surface area contributed by atoms with Crippen LogP contribution in [-0.4, -0.2) is 111 Å². The van der Waals surface area contributed by atoms with Crippen LogP contribution in [0.25, 0.3) is 0 Å². The predicted molar refractivity (Wildman–Crippen MR) is 286 cm³/mol. The molecule has 0 aliphatic rings. The summed E-state index contributed by atoms with van der Waals surface area (Å²) in [6.45, 7) is 26.9. The number of nitrogens with one attached hydrogen (secondary N) is 1. The maximum Gasteiger partial charge on any atom is 0.209 e. The predicted octanol–water partition coefficient (Wildman–Crippen LogP) is 15.6. The van der Waals surface area contributed by atoms with E-state index in [0.717, 1.165) is 32.3 Å². The number of carbonyl (C=O) groups excluding carboxylic acids is 2. The van der Waals surface area contributed by atoms with Crippen LogP contribution in [0, 0.1) is 0 Å². The van der Waals surface area contributed by atoms with Crippen LogP contribution in [0.2, 0.25) is 0 Å². The highest BCUT2D eigenvalue weighted by atomic mass is 16.1. The van der Waals surface area contributed by atoms with Crippen LogP contribution >= 0.6 is 0 Å². The lowest BCUT2D eigenvalue weighted by atomic mass is 10.1. The molecule has 1 N–H and O–H groups in total. The van der Waals surface area contributed by atoms with E-state index in [2.05, 4.69) is 61.6 Å². The molecule has 0 spiro atoms. The zero-order chi connectivity index (χ0) is 47.1. The first-order chi connectivity index (χ1) is 31.6. The van der Waals surface area contributed by atoms with Gasteiger partial charge in [-0.05, 0) is 97.2 Å². The number of amides is 2. The van der Waals surface area contributed by atoms with Crippen molar-refractivity contribution in [3.63, 3.8) is 0 Å². The van der Waals surface area contributed by atoms with E-state index < -0.39 is 0 Å². The van der Waals surface area contributed by atoms with Gasteiger partial charge >= 0.3 is 0 Å². The van der Waals surface area contributed by atoms with Gasteiger partial charge in [0, 0.05) is 32.7 Å². The maximum absolute atomic E-state index is 11.4. The summed E-state index contributed by atoms with van der Waals surface area (Å²) in [4.78, 5) is 31.9. The molecule has 0 saturated carbocycles. The molecule has 0 bridgehead atoms. The smallest absolute Gasteiger partial charge is 0.209 e. The highest BCUT2D eigenvalue weighted by Gasteiger charge is 2.11. The lowest BCUT2D eigenvalue weighted by Gasteiger charge is -2.28. The summed E-state index contributed by atoms with van der Waals surface area (Å²) in [5.74, 6) is 0. The van der Waals surface area contributed by atoms with Crippen molar-refractivity contribution in [2.45, 2.75) is 279 Å². The second kappa shape index (κ2) is 57.9. The Hall–Kier alpha value is -1.18. The summed E-state index contributed by atoms with van der Waals surface area (Å²) >= 11 is 0. The highest BCUT2D eigenvalue weighted by Crippen LogP contribution is 2.13. The molecule has 7 heteroatoms. The first kappa shape index (κ1) is 64.9. The van der Waals surface area contributed by atoms with E-state index in [1.165, 1.54) is 277 Å². The van der Waals surface area contributed by atoms with Crippen LogP contribution in [-0.2, 0) is 9.59 Å². The lowest BCUT2D eigenvalue weighted by Crippen LogP contribution is -2.37. The van der Waals surface area contributed by atoms with Crippen molar-refractivity contribution < 1.29 is 9.59 Å². The van der Waals surface area contributed by atoms with E-state index in [1.807, 2.05) is 0 Å². The normalized spacial score (nSPS) is 11.5. The fraction of sp³-hybridized carbons (Fsp3) is 0.965. The van der Waals surface area contributed by atoms with Crippen molar-refractivity contribution in [1.82, 2.24) is 24.9 Å². The van der Waals surface area contributed by atoms with Crippen molar-refractivity contribution in [1.29, 1.82) is 0 Å². The third-order valence-corrected chi connectivity index (χ3v) is 13.4. The SMILES string of the molecule is CCCCCCCCCN(CCC)CCCCCCCC.CCCCCCCCCN(CCCCCCCCC)CCN(CCCCCCCCC)CCCCN(C=O)CCNC=O. The first-order valence-electron chi connectivity index (χ1n) is 29.1. The molecule has 2 amide bonds. The zero-order valence-electron chi connectivity index (χ0n) is 44.9. The van der Waals surface area contributed by atoms with Gasteiger partial charge in [-0.25, -0.2) is 0 Å². The molecule has 384 valence electrons. The summed E-state index contributed by atoms with van der Waals surface area (Å²) in [5.41, 5.74) is 0. The Balaban J connectivity index is 0. The Morgan fingerprint density at radius 2 is 0.516 bits per heavy atom. The molecule has 0 radical (unpaired) electrons. The van der Waals surface area contributed by atoms with Gasteiger partial charge in [0.05, 0.1) is 0 Å². The minimum Gasteiger partial charge on any atom is -0.357 e. The topological polar surface area (TPSA) is 59.1 Å². The molecule has 0 aromatic heterocycles. The average molecular weight is 907 g/mol. The van der Waals surface area contributed by atoms with Gasteiger partial charge in [0.15, 0.2) is 0 Å². The minimum atomic E-state index is 0.528. The number of hydrogen-bond acceptors (Lipinski definition) is 5. The number of hydrogen-bond donors (Lipinski definition) is 1. The summed E-state index contributed by atoms with van der Waals surface area (Å²) in [6, 6.07) is 0. The van der Waals surface area contributed by atoms with Crippen molar-refractivity contribution in [3.8, 4) is 0 Å². The third-order valence-electron chi connectivity index (χ3n) is 13.4. The third kappa shape index (κ3) is 51.8. The molecule has 0 aliphatic carbocycles. The molecular weight excluding hydrogens is 787 g/mol. The summed E-state index contributed by atoms with van der Waals surface area (Å²) in [6.07, 6.45) is 52.5. The van der Waals surface area contributed by atoms with Crippen LogP contribution in [0.15, 0.2) is 0 Å². The molecule has 7 nitrogen and oxygen atoms in total. The standard InChI is InChI=1S/C37H76N4O2.C20H43N/c1-4-7-10-13-16-19-22-28-39(29-23-20-17-14-11-8-5-2)34-35-40(30-24-21-18-15-12-9-6-3)31-25-26-32-41(37-43)33-27-38-36-42;1-4-7-9-11-13-15-17-20-21(18-6-3)19-16-14-12-10-8-5-2/h36-37H,4-35H2,1-3H3,(H,38,42);4-20H2,1-3H3. The van der Waals surface area contributed by atoms with Gasteiger partial charge in [0.25, 0.3) is 0 Å². The molecule has 0 aliphatic heterocycles. The van der Waals surface area contributed by atoms with E-state index in [0.29, 0.717) is 19.5 Å². The van der Waals surface area contributed by atoms with Crippen LogP contribution in [0.5, 0.6) is 0 Å². The van der Waals surface area contributed by atoms with Crippen molar-refractivity contribution >= 4 is 12.8 Å². The summed E-state index contributed by atoms with van der Waals surface area (Å²) in [7, 11) is 0. The second-order valence-electron chi connectivity index (χ2n) is 19.7. The molecule has 64 heavy (non-hydrogen) atoms. The van der Waals surface area contributed by atoms with E-state index in [9.17, 15) is 9.59 Å². The van der Waals surface area contributed by atoms with Crippen LogP contribution in [0.1, 0.15) is 279 Å².